The summed E-state index contributed by atoms with van der Waals surface area (Å²) in [6.07, 6.45) is 1.37. The van der Waals surface area contributed by atoms with Crippen molar-refractivity contribution in [2.75, 3.05) is 11.5 Å². The standard InChI is InChI=1S/C20H22INO/c1-14-5-3-4-6-16(14)12-20(22)18-13-21(2)19-8-7-15(9-10-23)11-17(18)19/h3-8,11,13,22-23H,9-10,12H2,1-2H3. The van der Waals surface area contributed by atoms with Crippen molar-refractivity contribution in [2.45, 2.75) is 19.8 Å². The van der Waals surface area contributed by atoms with Crippen molar-refractivity contribution in [3.05, 3.63) is 72.4 Å². The van der Waals surface area contributed by atoms with Gasteiger partial charge in [0.05, 0.1) is 0 Å². The van der Waals surface area contributed by atoms with E-state index in [0.717, 1.165) is 11.1 Å². The van der Waals surface area contributed by atoms with Crippen LogP contribution in [0.4, 0.5) is 0 Å². The molecule has 0 fully saturated rings. The van der Waals surface area contributed by atoms with E-state index >= 15 is 0 Å². The van der Waals surface area contributed by atoms with E-state index in [1.807, 2.05) is 12.1 Å². The normalized spacial score (nSPS) is 14.6. The molecule has 0 amide bonds. The van der Waals surface area contributed by atoms with Crippen LogP contribution in [0.2, 0.25) is 0 Å². The summed E-state index contributed by atoms with van der Waals surface area (Å²) in [6, 6.07) is 14.8. The van der Waals surface area contributed by atoms with Gasteiger partial charge in [-0.3, -0.25) is 0 Å². The van der Waals surface area contributed by atoms with Crippen LogP contribution in [0.5, 0.6) is 0 Å². The number of aryl methyl sites for hydroxylation is 1. The average molecular weight is 419 g/mol. The fraction of sp³-hybridized carbons (Fsp3) is 0.250. The number of hydrogen-bond donors (Lipinski definition) is 2. The molecule has 120 valence electrons. The Balaban J connectivity index is 1.90. The molecule has 2 N–H and O–H groups in total. The van der Waals surface area contributed by atoms with Gasteiger partial charge in [-0.2, -0.15) is 0 Å². The third-order valence-corrected chi connectivity index (χ3v) is 8.60. The molecule has 0 spiro atoms. The molecule has 0 radical (unpaired) electrons. The van der Waals surface area contributed by atoms with Gasteiger partial charge in [-0.1, -0.05) is 0 Å². The van der Waals surface area contributed by atoms with Crippen LogP contribution in [0.1, 0.15) is 22.3 Å². The summed E-state index contributed by atoms with van der Waals surface area (Å²) in [7, 11) is 0. The van der Waals surface area contributed by atoms with Crippen molar-refractivity contribution in [2.24, 2.45) is 0 Å². The zero-order valence-electron chi connectivity index (χ0n) is 13.6. The summed E-state index contributed by atoms with van der Waals surface area (Å²) in [4.78, 5) is 2.34. The van der Waals surface area contributed by atoms with E-state index in [2.05, 4.69) is 46.3 Å². The van der Waals surface area contributed by atoms with Gasteiger partial charge in [-0.05, 0) is 0 Å². The SMILES string of the molecule is Cc1ccccc1CC(=N)C1=CI(C)c2ccc(CCO)cc21. The van der Waals surface area contributed by atoms with Crippen LogP contribution in [-0.4, -0.2) is 22.4 Å². The fourth-order valence-electron chi connectivity index (χ4n) is 2.93. The molecule has 1 aliphatic heterocycles. The second kappa shape index (κ2) is 6.97. The molecule has 0 unspecified atom stereocenters. The molecule has 1 aliphatic rings. The van der Waals surface area contributed by atoms with Crippen molar-refractivity contribution in [1.82, 2.24) is 0 Å². The third-order valence-electron chi connectivity index (χ3n) is 4.27. The van der Waals surface area contributed by atoms with Gasteiger partial charge in [0.1, 0.15) is 0 Å². The molecule has 0 aromatic heterocycles. The number of allylic oxidation sites excluding steroid dienone is 1. The van der Waals surface area contributed by atoms with E-state index < -0.39 is 19.8 Å². The average Bonchev–Trinajstić information content (AvgIpc) is 2.87. The Morgan fingerprint density at radius 3 is 2.70 bits per heavy atom. The Morgan fingerprint density at radius 2 is 1.96 bits per heavy atom. The third kappa shape index (κ3) is 3.40. The summed E-state index contributed by atoms with van der Waals surface area (Å²) in [6.45, 7) is 2.28. The fourth-order valence-corrected chi connectivity index (χ4v) is 7.02. The van der Waals surface area contributed by atoms with Gasteiger partial charge in [-0.25, -0.2) is 0 Å². The van der Waals surface area contributed by atoms with Crippen molar-refractivity contribution >= 4 is 31.1 Å². The number of rotatable bonds is 5. The molecule has 0 saturated heterocycles. The van der Waals surface area contributed by atoms with Crippen LogP contribution >= 0.6 is 19.8 Å². The van der Waals surface area contributed by atoms with Gasteiger partial charge in [0.25, 0.3) is 0 Å². The Labute approximate surface area is 145 Å². The maximum atomic E-state index is 9.17. The number of aliphatic hydroxyl groups excluding tert-OH is 1. The Bertz CT molecular complexity index is 779. The van der Waals surface area contributed by atoms with Crippen molar-refractivity contribution in [3.8, 4) is 0 Å². The molecule has 23 heavy (non-hydrogen) atoms. The van der Waals surface area contributed by atoms with Crippen LogP contribution in [0.25, 0.3) is 5.57 Å². The summed E-state index contributed by atoms with van der Waals surface area (Å²) in [5.74, 6) is 0. The molecule has 0 aliphatic carbocycles. The van der Waals surface area contributed by atoms with E-state index in [9.17, 15) is 5.11 Å². The van der Waals surface area contributed by atoms with Crippen molar-refractivity contribution in [3.63, 3.8) is 0 Å². The first-order chi connectivity index (χ1) is 11.1. The predicted molar refractivity (Wildman–Crippen MR) is 106 cm³/mol. The van der Waals surface area contributed by atoms with E-state index in [0.29, 0.717) is 18.6 Å². The molecule has 1 heterocycles. The Kier molecular flexibility index (Phi) is 4.97. The van der Waals surface area contributed by atoms with Gasteiger partial charge in [0, 0.05) is 0 Å². The minimum absolute atomic E-state index is 0.174. The molecule has 3 rings (SSSR count). The van der Waals surface area contributed by atoms with E-state index in [1.54, 1.807) is 0 Å². The summed E-state index contributed by atoms with van der Waals surface area (Å²) >= 11 is -1.27. The van der Waals surface area contributed by atoms with Crippen LogP contribution in [0.15, 0.2) is 46.5 Å². The van der Waals surface area contributed by atoms with Crippen molar-refractivity contribution in [1.29, 1.82) is 5.41 Å². The number of halogens is 1. The van der Waals surface area contributed by atoms with E-state index in [4.69, 9.17) is 5.41 Å². The van der Waals surface area contributed by atoms with Crippen LogP contribution < -0.4 is 0 Å². The molecule has 0 saturated carbocycles. The van der Waals surface area contributed by atoms with Crippen LogP contribution in [0.3, 0.4) is 0 Å². The van der Waals surface area contributed by atoms with Gasteiger partial charge < -0.3 is 0 Å². The van der Waals surface area contributed by atoms with Crippen LogP contribution in [0, 0.1) is 15.9 Å². The molecule has 0 bridgehead atoms. The zero-order valence-corrected chi connectivity index (χ0v) is 15.7. The van der Waals surface area contributed by atoms with Gasteiger partial charge >= 0.3 is 145 Å². The number of hydrogen-bond acceptors (Lipinski definition) is 2. The van der Waals surface area contributed by atoms with E-state index in [1.165, 1.54) is 20.3 Å². The molecule has 2 aromatic carbocycles. The number of benzene rings is 2. The second-order valence-corrected chi connectivity index (χ2v) is 10.6. The number of aliphatic hydroxyl groups is 1. The first kappa shape index (κ1) is 16.4. The quantitative estimate of drug-likeness (QED) is 0.420. The predicted octanol–water partition coefficient (Wildman–Crippen LogP) is 4.45. The number of fused-ring (bicyclic) bond motifs is 1. The van der Waals surface area contributed by atoms with Gasteiger partial charge in [0.15, 0.2) is 0 Å². The number of alkyl halides is 1. The molecule has 3 heteroatoms. The Hall–Kier alpha value is -1.46. The summed E-state index contributed by atoms with van der Waals surface area (Å²) < 4.78 is 3.80. The molecule has 0 atom stereocenters. The second-order valence-electron chi connectivity index (χ2n) is 5.91. The first-order valence-corrected chi connectivity index (χ1v) is 12.2. The molecule has 2 aromatic rings. The van der Waals surface area contributed by atoms with Crippen LogP contribution in [-0.2, 0) is 12.8 Å². The Morgan fingerprint density at radius 1 is 1.17 bits per heavy atom. The number of nitrogens with one attached hydrogen (secondary N) is 1. The minimum atomic E-state index is -1.27. The monoisotopic (exact) mass is 419 g/mol. The molecule has 2 nitrogen and oxygen atoms in total. The topological polar surface area (TPSA) is 44.1 Å². The molecular formula is C20H22INO. The summed E-state index contributed by atoms with van der Waals surface area (Å²) in [5, 5.41) is 17.8. The first-order valence-electron chi connectivity index (χ1n) is 7.77. The maximum absolute atomic E-state index is 9.17. The zero-order chi connectivity index (χ0) is 16.4. The summed E-state index contributed by atoms with van der Waals surface area (Å²) in [5.41, 5.74) is 6.71. The van der Waals surface area contributed by atoms with E-state index in [-0.39, 0.29) is 6.61 Å². The van der Waals surface area contributed by atoms with Crippen molar-refractivity contribution < 1.29 is 5.11 Å². The molecular weight excluding hydrogens is 397 g/mol. The van der Waals surface area contributed by atoms with Gasteiger partial charge in [0.2, 0.25) is 0 Å². The van der Waals surface area contributed by atoms with Gasteiger partial charge in [-0.15, -0.1) is 0 Å².